The molecule has 2 aliphatic rings. The zero-order valence-electron chi connectivity index (χ0n) is 20.4. The number of hydrogen-bond acceptors (Lipinski definition) is 8. The molecule has 9 heteroatoms. The van der Waals surface area contributed by atoms with E-state index in [-0.39, 0.29) is 23.6 Å². The molecule has 186 valence electrons. The average Bonchev–Trinajstić information content (AvgIpc) is 3.38. The Hall–Kier alpha value is -2.68. The number of aromatic nitrogens is 3. The Morgan fingerprint density at radius 2 is 2.00 bits per heavy atom. The molecule has 4 rings (SSSR count). The highest BCUT2D eigenvalue weighted by atomic mass is 19.1. The third-order valence-corrected chi connectivity index (χ3v) is 7.12. The minimum Gasteiger partial charge on any atom is -0.494 e. The van der Waals surface area contributed by atoms with E-state index < -0.39 is 0 Å². The number of anilines is 3. The van der Waals surface area contributed by atoms with Crippen molar-refractivity contribution in [3.05, 3.63) is 29.6 Å². The maximum Gasteiger partial charge on any atom is 0.232 e. The van der Waals surface area contributed by atoms with Gasteiger partial charge in [0, 0.05) is 25.2 Å². The van der Waals surface area contributed by atoms with Crippen molar-refractivity contribution < 1.29 is 9.13 Å². The van der Waals surface area contributed by atoms with E-state index in [4.69, 9.17) is 15.5 Å². The number of rotatable bonds is 10. The second kappa shape index (κ2) is 11.6. The monoisotopic (exact) mass is 471 g/mol. The summed E-state index contributed by atoms with van der Waals surface area (Å²) in [6.45, 7) is 4.47. The van der Waals surface area contributed by atoms with E-state index in [0.717, 1.165) is 37.9 Å². The van der Waals surface area contributed by atoms with Gasteiger partial charge in [0.2, 0.25) is 17.8 Å². The van der Waals surface area contributed by atoms with E-state index in [1.54, 1.807) is 6.07 Å². The van der Waals surface area contributed by atoms with Gasteiger partial charge in [-0.1, -0.05) is 32.3 Å². The lowest BCUT2D eigenvalue weighted by atomic mass is 9.89. The van der Waals surface area contributed by atoms with Crippen LogP contribution < -0.4 is 26.0 Å². The Kier molecular flexibility index (Phi) is 8.37. The van der Waals surface area contributed by atoms with Crippen LogP contribution in [0.5, 0.6) is 5.75 Å². The SMILES string of the molecule is CCC(C1CCCN1)N(Cc1ccc(OC)c(F)c1)c1nc(N)nc(NCC2CCCCC2)n1. The molecular weight excluding hydrogens is 433 g/mol. The molecule has 34 heavy (non-hydrogen) atoms. The third-order valence-electron chi connectivity index (χ3n) is 7.12. The second-order valence-electron chi connectivity index (χ2n) is 9.48. The Morgan fingerprint density at radius 1 is 1.18 bits per heavy atom. The van der Waals surface area contributed by atoms with E-state index in [2.05, 4.69) is 32.4 Å². The first-order valence-corrected chi connectivity index (χ1v) is 12.6. The number of benzene rings is 1. The molecule has 2 heterocycles. The lowest BCUT2D eigenvalue weighted by Gasteiger charge is -2.35. The highest BCUT2D eigenvalue weighted by Crippen LogP contribution is 2.27. The van der Waals surface area contributed by atoms with E-state index in [0.29, 0.717) is 30.4 Å². The first-order chi connectivity index (χ1) is 16.6. The fraction of sp³-hybridized carbons (Fsp3) is 0.640. The second-order valence-corrected chi connectivity index (χ2v) is 9.48. The smallest absolute Gasteiger partial charge is 0.232 e. The zero-order valence-corrected chi connectivity index (χ0v) is 20.4. The quantitative estimate of drug-likeness (QED) is 0.475. The molecule has 2 unspecified atom stereocenters. The molecule has 1 saturated heterocycles. The van der Waals surface area contributed by atoms with Crippen molar-refractivity contribution in [2.24, 2.45) is 5.92 Å². The number of nitrogens with two attached hydrogens (primary N) is 1. The molecule has 1 aromatic carbocycles. The molecule has 0 spiro atoms. The lowest BCUT2D eigenvalue weighted by Crippen LogP contribution is -2.48. The summed E-state index contributed by atoms with van der Waals surface area (Å²) in [5.41, 5.74) is 6.96. The lowest BCUT2D eigenvalue weighted by molar-refractivity contribution is 0.373. The van der Waals surface area contributed by atoms with Crippen molar-refractivity contribution in [2.75, 3.05) is 36.1 Å². The molecule has 2 fully saturated rings. The van der Waals surface area contributed by atoms with Gasteiger partial charge in [0.15, 0.2) is 11.6 Å². The number of nitrogens with zero attached hydrogens (tertiary/aromatic N) is 4. The van der Waals surface area contributed by atoms with Gasteiger partial charge in [-0.05, 0) is 62.3 Å². The Morgan fingerprint density at radius 3 is 2.68 bits per heavy atom. The normalized spacial score (nSPS) is 19.7. The maximum absolute atomic E-state index is 14.5. The van der Waals surface area contributed by atoms with Crippen LogP contribution >= 0.6 is 0 Å². The summed E-state index contributed by atoms with van der Waals surface area (Å²) in [4.78, 5) is 15.8. The largest absolute Gasteiger partial charge is 0.494 e. The van der Waals surface area contributed by atoms with Crippen LogP contribution in [0.2, 0.25) is 0 Å². The van der Waals surface area contributed by atoms with Crippen molar-refractivity contribution in [1.29, 1.82) is 0 Å². The summed E-state index contributed by atoms with van der Waals surface area (Å²) in [6, 6.07) is 5.52. The van der Waals surface area contributed by atoms with Gasteiger partial charge >= 0.3 is 0 Å². The molecule has 0 radical (unpaired) electrons. The van der Waals surface area contributed by atoms with Crippen LogP contribution in [-0.2, 0) is 6.54 Å². The molecular formula is C25H38FN7O. The summed E-state index contributed by atoms with van der Waals surface area (Å²) in [7, 11) is 1.47. The standard InChI is InChI=1S/C25H38FN7O/c1-3-21(20-10-7-13-28-20)33(16-18-11-12-22(34-2)19(26)14-18)25-31-23(27)30-24(32-25)29-15-17-8-5-4-6-9-17/h11-12,14,17,20-21,28H,3-10,13,15-16H2,1-2H3,(H3,27,29,30,31,32). The summed E-state index contributed by atoms with van der Waals surface area (Å²) >= 11 is 0. The minimum absolute atomic E-state index is 0.139. The Balaban J connectivity index is 1.60. The first kappa shape index (κ1) is 24.4. The van der Waals surface area contributed by atoms with E-state index >= 15 is 0 Å². The van der Waals surface area contributed by atoms with Crippen molar-refractivity contribution in [3.63, 3.8) is 0 Å². The molecule has 1 aromatic heterocycles. The van der Waals surface area contributed by atoms with Crippen molar-refractivity contribution >= 4 is 17.8 Å². The van der Waals surface area contributed by atoms with Crippen molar-refractivity contribution in [2.45, 2.75) is 76.9 Å². The number of halogens is 1. The summed E-state index contributed by atoms with van der Waals surface area (Å²) < 4.78 is 19.6. The van der Waals surface area contributed by atoms with Crippen molar-refractivity contribution in [1.82, 2.24) is 20.3 Å². The molecule has 2 aromatic rings. The molecule has 1 aliphatic carbocycles. The van der Waals surface area contributed by atoms with Gasteiger partial charge in [0.25, 0.3) is 0 Å². The molecule has 2 atom stereocenters. The molecule has 0 amide bonds. The molecule has 0 bridgehead atoms. The van der Waals surface area contributed by atoms with Crippen LogP contribution in [0.1, 0.15) is 63.9 Å². The Labute approximate surface area is 201 Å². The maximum atomic E-state index is 14.5. The molecule has 8 nitrogen and oxygen atoms in total. The van der Waals surface area contributed by atoms with Crippen LogP contribution in [-0.4, -0.2) is 47.2 Å². The Bertz CT molecular complexity index is 931. The van der Waals surface area contributed by atoms with Gasteiger partial charge in [-0.3, -0.25) is 0 Å². The third kappa shape index (κ3) is 6.05. The molecule has 4 N–H and O–H groups in total. The zero-order chi connectivity index (χ0) is 23.9. The number of hydrogen-bond donors (Lipinski definition) is 3. The van der Waals surface area contributed by atoms with Gasteiger partial charge in [-0.2, -0.15) is 15.0 Å². The van der Waals surface area contributed by atoms with E-state index in [1.165, 1.54) is 45.3 Å². The van der Waals surface area contributed by atoms with Gasteiger partial charge in [-0.15, -0.1) is 0 Å². The van der Waals surface area contributed by atoms with Gasteiger partial charge in [0.1, 0.15) is 0 Å². The fourth-order valence-electron chi connectivity index (χ4n) is 5.32. The summed E-state index contributed by atoms with van der Waals surface area (Å²) in [5, 5.41) is 7.02. The minimum atomic E-state index is -0.378. The fourth-order valence-corrected chi connectivity index (χ4v) is 5.32. The topological polar surface area (TPSA) is 101 Å². The van der Waals surface area contributed by atoms with Crippen LogP contribution in [0.3, 0.4) is 0 Å². The number of ether oxygens (including phenoxy) is 1. The van der Waals surface area contributed by atoms with Crippen molar-refractivity contribution in [3.8, 4) is 5.75 Å². The predicted octanol–water partition coefficient (Wildman–Crippen LogP) is 4.13. The molecule has 1 aliphatic heterocycles. The van der Waals surface area contributed by atoms with E-state index in [1.807, 2.05) is 6.07 Å². The predicted molar refractivity (Wildman–Crippen MR) is 134 cm³/mol. The van der Waals surface area contributed by atoms with Gasteiger partial charge in [0.05, 0.1) is 7.11 Å². The number of nitrogen functional groups attached to an aromatic ring is 1. The van der Waals surface area contributed by atoms with Crippen LogP contribution in [0.4, 0.5) is 22.2 Å². The number of methoxy groups -OCH3 is 1. The van der Waals surface area contributed by atoms with Gasteiger partial charge < -0.3 is 26.0 Å². The summed E-state index contributed by atoms with van der Waals surface area (Å²) in [6.07, 6.45) is 9.49. The first-order valence-electron chi connectivity index (χ1n) is 12.6. The van der Waals surface area contributed by atoms with Crippen LogP contribution in [0.15, 0.2) is 18.2 Å². The van der Waals surface area contributed by atoms with Gasteiger partial charge in [-0.25, -0.2) is 4.39 Å². The van der Waals surface area contributed by atoms with E-state index in [9.17, 15) is 4.39 Å². The molecule has 1 saturated carbocycles. The number of nitrogens with one attached hydrogen (secondary N) is 2. The highest BCUT2D eigenvalue weighted by Gasteiger charge is 2.31. The highest BCUT2D eigenvalue weighted by molar-refractivity contribution is 5.44. The summed E-state index contributed by atoms with van der Waals surface area (Å²) in [5.74, 6) is 1.72. The average molecular weight is 472 g/mol. The van der Waals surface area contributed by atoms with Crippen LogP contribution in [0, 0.1) is 11.7 Å². The van der Waals surface area contributed by atoms with Crippen LogP contribution in [0.25, 0.3) is 0 Å².